The Morgan fingerprint density at radius 1 is 1.26 bits per heavy atom. The number of rotatable bonds is 12. The molecule has 180 valence electrons. The number of aromatic amines is 1. The molecule has 1 atom stereocenters. The van der Waals surface area contributed by atoms with Crippen molar-refractivity contribution < 1.29 is 9.53 Å². The van der Waals surface area contributed by atoms with Crippen molar-refractivity contribution in [1.29, 1.82) is 0 Å². The van der Waals surface area contributed by atoms with E-state index in [2.05, 4.69) is 42.6 Å². The first-order valence-corrected chi connectivity index (χ1v) is 11.8. The van der Waals surface area contributed by atoms with Gasteiger partial charge in [-0.25, -0.2) is 9.83 Å². The maximum absolute atomic E-state index is 13.5. The number of benzene rings is 1. The summed E-state index contributed by atoms with van der Waals surface area (Å²) < 4.78 is 7.81. The topological polar surface area (TPSA) is 103 Å². The molecule has 1 N–H and O–H groups in total. The van der Waals surface area contributed by atoms with Crippen LogP contribution in [0.2, 0.25) is 0 Å². The molecule has 0 radical (unpaired) electrons. The molecule has 0 saturated carbocycles. The Kier molecular flexibility index (Phi) is 7.95. The van der Waals surface area contributed by atoms with Crippen molar-refractivity contribution in [1.82, 2.24) is 30.2 Å². The lowest BCUT2D eigenvalue weighted by Crippen LogP contribution is -2.12. The Labute approximate surface area is 204 Å². The summed E-state index contributed by atoms with van der Waals surface area (Å²) in [5, 5.41) is 14.8. The monoisotopic (exact) mass is 471 g/mol. The van der Waals surface area contributed by atoms with E-state index in [4.69, 9.17) is 11.3 Å². The lowest BCUT2D eigenvalue weighted by atomic mass is 9.94. The van der Waals surface area contributed by atoms with Gasteiger partial charge in [0, 0.05) is 49.3 Å². The van der Waals surface area contributed by atoms with E-state index in [1.165, 1.54) is 0 Å². The summed E-state index contributed by atoms with van der Waals surface area (Å²) >= 11 is 0. The van der Waals surface area contributed by atoms with E-state index in [9.17, 15) is 4.79 Å². The third-order valence-corrected chi connectivity index (χ3v) is 6.06. The van der Waals surface area contributed by atoms with Crippen LogP contribution in [0.3, 0.4) is 0 Å². The van der Waals surface area contributed by atoms with E-state index < -0.39 is 0 Å². The number of hydrogen-bond donors (Lipinski definition) is 1. The van der Waals surface area contributed by atoms with Gasteiger partial charge in [0.2, 0.25) is 5.69 Å². The SMILES string of the molecule is [C-]#[N+]c1cnc2c(c1)c(C(=O)C[C@H](C)Cc1nn[nH]n1)c(CCCCOCc1ccccc1)n2C. The number of nitrogens with one attached hydrogen (secondary N) is 1. The van der Waals surface area contributed by atoms with Crippen LogP contribution in [0.5, 0.6) is 0 Å². The van der Waals surface area contributed by atoms with Gasteiger partial charge < -0.3 is 9.30 Å². The Hall–Kier alpha value is -3.90. The van der Waals surface area contributed by atoms with Crippen molar-refractivity contribution in [3.05, 3.63) is 76.7 Å². The van der Waals surface area contributed by atoms with Gasteiger partial charge in [0.05, 0.1) is 13.2 Å². The number of H-pyrrole nitrogens is 1. The highest BCUT2D eigenvalue weighted by Gasteiger charge is 2.24. The second-order valence-corrected chi connectivity index (χ2v) is 8.82. The minimum Gasteiger partial charge on any atom is -0.377 e. The van der Waals surface area contributed by atoms with Crippen LogP contribution in [0.15, 0.2) is 42.6 Å². The molecule has 0 aliphatic heterocycles. The molecule has 0 amide bonds. The smallest absolute Gasteiger partial charge is 0.205 e. The number of hydrogen-bond acceptors (Lipinski definition) is 6. The molecule has 35 heavy (non-hydrogen) atoms. The van der Waals surface area contributed by atoms with Gasteiger partial charge in [-0.1, -0.05) is 42.5 Å². The van der Waals surface area contributed by atoms with Crippen molar-refractivity contribution in [3.63, 3.8) is 0 Å². The molecule has 1 aromatic carbocycles. The predicted molar refractivity (Wildman–Crippen MR) is 132 cm³/mol. The molecule has 3 heterocycles. The Morgan fingerprint density at radius 2 is 2.09 bits per heavy atom. The standard InChI is InChI=1S/C26H29N7O2/c1-18(14-24-29-31-32-30-24)13-23(34)25-21-15-20(27-2)16-28-26(21)33(3)22(25)11-7-8-12-35-17-19-9-5-4-6-10-19/h4-6,9-10,15-16,18H,7-8,11-14,17H2,1,3H3,(H,29,30,31,32)/t18-/m0/s1. The van der Waals surface area contributed by atoms with Gasteiger partial charge in [-0.05, 0) is 36.8 Å². The fourth-order valence-electron chi connectivity index (χ4n) is 4.35. The van der Waals surface area contributed by atoms with Gasteiger partial charge in [0.1, 0.15) is 5.65 Å². The molecule has 4 aromatic rings. The minimum atomic E-state index is 0.0471. The number of aromatic nitrogens is 6. The van der Waals surface area contributed by atoms with E-state index in [-0.39, 0.29) is 11.7 Å². The summed E-state index contributed by atoms with van der Waals surface area (Å²) in [6.07, 6.45) is 4.97. The van der Waals surface area contributed by atoms with Crippen molar-refractivity contribution in [2.45, 2.75) is 45.6 Å². The van der Waals surface area contributed by atoms with E-state index in [1.54, 1.807) is 12.3 Å². The molecule has 0 aliphatic carbocycles. The lowest BCUT2D eigenvalue weighted by Gasteiger charge is -2.11. The van der Waals surface area contributed by atoms with Crippen molar-refractivity contribution >= 4 is 22.5 Å². The lowest BCUT2D eigenvalue weighted by molar-refractivity contribution is 0.0964. The van der Waals surface area contributed by atoms with Crippen LogP contribution in [0.4, 0.5) is 5.69 Å². The van der Waals surface area contributed by atoms with Crippen LogP contribution in [-0.4, -0.2) is 42.6 Å². The molecule has 3 aromatic heterocycles. The average Bonchev–Trinajstić information content (AvgIpc) is 3.47. The molecule has 9 heteroatoms. The second-order valence-electron chi connectivity index (χ2n) is 8.82. The normalized spacial score (nSPS) is 12.0. The van der Waals surface area contributed by atoms with Crippen LogP contribution in [-0.2, 0) is 31.2 Å². The molecule has 0 spiro atoms. The van der Waals surface area contributed by atoms with E-state index in [0.717, 1.165) is 41.6 Å². The van der Waals surface area contributed by atoms with Crippen molar-refractivity contribution in [2.24, 2.45) is 13.0 Å². The quantitative estimate of drug-likeness (QED) is 0.184. The van der Waals surface area contributed by atoms with Crippen molar-refractivity contribution in [2.75, 3.05) is 6.61 Å². The van der Waals surface area contributed by atoms with E-state index in [0.29, 0.717) is 43.1 Å². The summed E-state index contributed by atoms with van der Waals surface area (Å²) in [6.45, 7) is 10.6. The van der Waals surface area contributed by atoms with Gasteiger partial charge >= 0.3 is 0 Å². The number of pyridine rings is 1. The summed E-state index contributed by atoms with van der Waals surface area (Å²) in [5.41, 5.74) is 3.94. The highest BCUT2D eigenvalue weighted by Crippen LogP contribution is 2.30. The molecule has 9 nitrogen and oxygen atoms in total. The number of carbonyl (C=O) groups is 1. The number of fused-ring (bicyclic) bond motifs is 1. The fraction of sp³-hybridized carbons (Fsp3) is 0.385. The number of carbonyl (C=O) groups excluding carboxylic acids is 1. The van der Waals surface area contributed by atoms with Gasteiger partial charge in [-0.2, -0.15) is 5.21 Å². The maximum atomic E-state index is 13.5. The second kappa shape index (κ2) is 11.5. The molecule has 0 saturated heterocycles. The zero-order chi connectivity index (χ0) is 24.6. The summed E-state index contributed by atoms with van der Waals surface area (Å²) in [7, 11) is 1.94. The zero-order valence-electron chi connectivity index (χ0n) is 20.1. The highest BCUT2D eigenvalue weighted by molar-refractivity contribution is 6.09. The van der Waals surface area contributed by atoms with E-state index in [1.807, 2.05) is 36.7 Å². The zero-order valence-corrected chi connectivity index (χ0v) is 20.1. The van der Waals surface area contributed by atoms with Gasteiger partial charge in [-0.3, -0.25) is 4.79 Å². The Bertz CT molecular complexity index is 1310. The molecule has 0 bridgehead atoms. The first-order chi connectivity index (χ1) is 17.1. The summed E-state index contributed by atoms with van der Waals surface area (Å²) in [4.78, 5) is 21.5. The number of ketones is 1. The third kappa shape index (κ3) is 5.97. The molecule has 4 rings (SSSR count). The molecular formula is C26H29N7O2. The number of tetrazole rings is 1. The van der Waals surface area contributed by atoms with Crippen molar-refractivity contribution in [3.8, 4) is 0 Å². The number of ether oxygens (including phenoxy) is 1. The molecule has 0 aliphatic rings. The van der Waals surface area contributed by atoms with Gasteiger partial charge in [0.15, 0.2) is 11.6 Å². The van der Waals surface area contributed by atoms with Gasteiger partial charge in [-0.15, -0.1) is 10.2 Å². The first kappa shape index (κ1) is 24.2. The van der Waals surface area contributed by atoms with Crippen LogP contribution in [0, 0.1) is 12.5 Å². The molecule has 0 unspecified atom stereocenters. The predicted octanol–water partition coefficient (Wildman–Crippen LogP) is 4.63. The number of nitrogens with zero attached hydrogens (tertiary/aromatic N) is 6. The largest absolute Gasteiger partial charge is 0.377 e. The number of Topliss-reactive ketones (excluding diaryl/α,β-unsaturated/α-hetero) is 1. The van der Waals surface area contributed by atoms with Crippen LogP contribution < -0.4 is 0 Å². The maximum Gasteiger partial charge on any atom is 0.205 e. The summed E-state index contributed by atoms with van der Waals surface area (Å²) in [5.74, 6) is 0.688. The number of unbranched alkanes of at least 4 members (excludes halogenated alkanes) is 1. The first-order valence-electron chi connectivity index (χ1n) is 11.8. The van der Waals surface area contributed by atoms with Gasteiger partial charge in [0.25, 0.3) is 0 Å². The molecule has 0 fully saturated rings. The fourth-order valence-corrected chi connectivity index (χ4v) is 4.35. The Morgan fingerprint density at radius 3 is 2.83 bits per heavy atom. The molecular weight excluding hydrogens is 442 g/mol. The minimum absolute atomic E-state index is 0.0471. The van der Waals surface area contributed by atoms with Crippen LogP contribution in [0.25, 0.3) is 15.9 Å². The highest BCUT2D eigenvalue weighted by atomic mass is 16.5. The third-order valence-electron chi connectivity index (χ3n) is 6.06. The van der Waals surface area contributed by atoms with Crippen LogP contribution >= 0.6 is 0 Å². The summed E-state index contributed by atoms with van der Waals surface area (Å²) in [6, 6.07) is 11.9. The van der Waals surface area contributed by atoms with Crippen LogP contribution in [0.1, 0.15) is 53.6 Å². The average molecular weight is 472 g/mol. The van der Waals surface area contributed by atoms with E-state index >= 15 is 0 Å². The Balaban J connectivity index is 1.46. The number of aryl methyl sites for hydroxylation is 1.